The van der Waals surface area contributed by atoms with Gasteiger partial charge in [-0.2, -0.15) is 0 Å². The van der Waals surface area contributed by atoms with Gasteiger partial charge in [-0.3, -0.25) is 13.8 Å². The molecular formula is C55H107O9P. The van der Waals surface area contributed by atoms with Gasteiger partial charge >= 0.3 is 13.8 Å². The van der Waals surface area contributed by atoms with E-state index >= 15 is 0 Å². The third kappa shape index (κ3) is 52.2. The lowest BCUT2D eigenvalue weighted by Crippen LogP contribution is -2.29. The number of hydrogen-bond acceptors (Lipinski definition) is 8. The lowest BCUT2D eigenvalue weighted by Gasteiger charge is -2.20. The van der Waals surface area contributed by atoms with E-state index in [1.54, 1.807) is 0 Å². The van der Waals surface area contributed by atoms with Gasteiger partial charge in [-0.05, 0) is 44.9 Å². The van der Waals surface area contributed by atoms with Gasteiger partial charge in [0.25, 0.3) is 0 Å². The highest BCUT2D eigenvalue weighted by Crippen LogP contribution is 2.43. The molecule has 0 amide bonds. The first kappa shape index (κ1) is 63.9. The van der Waals surface area contributed by atoms with Gasteiger partial charge in [0.2, 0.25) is 0 Å². The molecule has 0 bridgehead atoms. The summed E-state index contributed by atoms with van der Waals surface area (Å²) in [7, 11) is -4.52. The van der Waals surface area contributed by atoms with Gasteiger partial charge in [-0.25, -0.2) is 4.57 Å². The van der Waals surface area contributed by atoms with Crippen molar-refractivity contribution in [2.45, 2.75) is 289 Å². The van der Waals surface area contributed by atoms with Crippen LogP contribution < -0.4 is 0 Å². The number of ether oxygens (including phenoxy) is 2. The Morgan fingerprint density at radius 3 is 1.23 bits per heavy atom. The predicted octanol–water partition coefficient (Wildman–Crippen LogP) is 16.5. The van der Waals surface area contributed by atoms with Crippen molar-refractivity contribution in [3.63, 3.8) is 0 Å². The summed E-state index contributed by atoms with van der Waals surface area (Å²) < 4.78 is 33.6. The van der Waals surface area contributed by atoms with Gasteiger partial charge in [0.1, 0.15) is 12.2 Å². The fourth-order valence-electron chi connectivity index (χ4n) is 8.15. The zero-order chi connectivity index (χ0) is 47.4. The number of phosphoric acid groups is 1. The van der Waals surface area contributed by atoms with Crippen molar-refractivity contribution in [1.29, 1.82) is 0 Å². The van der Waals surface area contributed by atoms with Crippen LogP contribution in [0.4, 0.5) is 0 Å². The van der Waals surface area contributed by atoms with E-state index in [0.717, 1.165) is 44.9 Å². The minimum atomic E-state index is -4.52. The Labute approximate surface area is 402 Å². The van der Waals surface area contributed by atoms with Crippen LogP contribution in [-0.4, -0.2) is 66.3 Å². The molecule has 9 nitrogen and oxygen atoms in total. The largest absolute Gasteiger partial charge is 0.472 e. The number of aliphatic hydroxyl groups excluding tert-OH is 2. The molecular weight excluding hydrogens is 836 g/mol. The number of carbonyl (C=O) groups is 1. The monoisotopic (exact) mass is 943 g/mol. The molecule has 0 aliphatic carbocycles. The molecule has 0 fully saturated rings. The van der Waals surface area contributed by atoms with Crippen LogP contribution >= 0.6 is 7.82 Å². The average Bonchev–Trinajstić information content (AvgIpc) is 3.30. The predicted molar refractivity (Wildman–Crippen MR) is 274 cm³/mol. The fraction of sp³-hybridized carbons (Fsp3) is 0.909. The Morgan fingerprint density at radius 2 is 0.831 bits per heavy atom. The van der Waals surface area contributed by atoms with Gasteiger partial charge in [0.15, 0.2) is 0 Å². The van der Waals surface area contributed by atoms with E-state index in [1.807, 2.05) is 0 Å². The molecule has 386 valence electrons. The topological polar surface area (TPSA) is 132 Å². The van der Waals surface area contributed by atoms with E-state index in [9.17, 15) is 19.4 Å². The molecule has 65 heavy (non-hydrogen) atoms. The zero-order valence-corrected chi connectivity index (χ0v) is 43.6. The minimum Gasteiger partial charge on any atom is -0.457 e. The average molecular weight is 943 g/mol. The molecule has 0 spiro atoms. The van der Waals surface area contributed by atoms with Crippen LogP contribution in [0.3, 0.4) is 0 Å². The third-order valence-electron chi connectivity index (χ3n) is 12.4. The second-order valence-electron chi connectivity index (χ2n) is 19.0. The molecule has 3 N–H and O–H groups in total. The first-order chi connectivity index (χ1) is 31.8. The quantitative estimate of drug-likeness (QED) is 0.0236. The van der Waals surface area contributed by atoms with E-state index in [2.05, 4.69) is 38.2 Å². The summed E-state index contributed by atoms with van der Waals surface area (Å²) in [6.07, 6.45) is 58.7. The van der Waals surface area contributed by atoms with Gasteiger partial charge in [0.05, 0.1) is 26.4 Å². The van der Waals surface area contributed by atoms with Gasteiger partial charge < -0.3 is 24.6 Å². The summed E-state index contributed by atoms with van der Waals surface area (Å²) in [6.45, 7) is 3.58. The molecule has 0 aromatic heterocycles. The van der Waals surface area contributed by atoms with E-state index < -0.39 is 33.2 Å². The molecule has 0 radical (unpaired) electrons. The maximum atomic E-state index is 12.7. The maximum absolute atomic E-state index is 12.7. The summed E-state index contributed by atoms with van der Waals surface area (Å²) in [6, 6.07) is 0. The summed E-state index contributed by atoms with van der Waals surface area (Å²) in [5.74, 6) is -0.376. The molecule has 0 saturated carbocycles. The van der Waals surface area contributed by atoms with Crippen LogP contribution in [0, 0.1) is 0 Å². The number of rotatable bonds is 54. The van der Waals surface area contributed by atoms with Crippen LogP contribution in [-0.2, 0) is 27.9 Å². The fourth-order valence-corrected chi connectivity index (χ4v) is 8.94. The van der Waals surface area contributed by atoms with Crippen molar-refractivity contribution in [3.05, 3.63) is 24.3 Å². The Balaban J connectivity index is 3.99. The number of allylic oxidation sites excluding steroid dienone is 4. The number of phosphoric ester groups is 1. The SMILES string of the molecule is CCCCCCC/C=C\C/C=C\CCCCCCCCCCCCCCOCC(COP(=O)(O)OCC(O)CO)OC(=O)CCCCCCCCCCCCCCCCCCCCCC. The minimum absolute atomic E-state index is 0.0535. The number of hydrogen-bond donors (Lipinski definition) is 3. The second kappa shape index (κ2) is 52.3. The van der Waals surface area contributed by atoms with Crippen LogP contribution in [0.15, 0.2) is 24.3 Å². The van der Waals surface area contributed by atoms with Crippen LogP contribution in [0.25, 0.3) is 0 Å². The van der Waals surface area contributed by atoms with Crippen molar-refractivity contribution in [2.24, 2.45) is 0 Å². The Bertz CT molecular complexity index is 1070. The molecule has 0 aromatic rings. The smallest absolute Gasteiger partial charge is 0.457 e. The number of esters is 1. The number of unbranched alkanes of at least 4 members (excludes halogenated alkanes) is 36. The van der Waals surface area contributed by atoms with Crippen LogP contribution in [0.5, 0.6) is 0 Å². The molecule has 3 unspecified atom stereocenters. The van der Waals surface area contributed by atoms with Gasteiger partial charge in [-0.15, -0.1) is 0 Å². The molecule has 0 aliphatic heterocycles. The number of aliphatic hydroxyl groups is 2. The summed E-state index contributed by atoms with van der Waals surface area (Å²) in [5, 5.41) is 18.4. The standard InChI is InChI=1S/C55H107O9P/c1-3-5-7-9-11-13-15-17-19-21-23-25-26-27-28-30-32-34-36-38-40-42-44-46-48-61-51-54(52-63-65(59,60)62-50-53(57)49-56)64-55(58)47-45-43-41-39-37-35-33-31-29-24-22-20-18-16-14-12-10-8-6-4-2/h15,17,21,23,53-54,56-57H,3-14,16,18-20,22,24-52H2,1-2H3,(H,59,60)/b17-15-,23-21-. The molecule has 10 heteroatoms. The molecule has 0 saturated heterocycles. The maximum Gasteiger partial charge on any atom is 0.472 e. The molecule has 0 aliphatic rings. The van der Waals surface area contributed by atoms with Crippen LogP contribution in [0.1, 0.15) is 277 Å². The lowest BCUT2D eigenvalue weighted by molar-refractivity contribution is -0.154. The second-order valence-corrected chi connectivity index (χ2v) is 20.4. The van der Waals surface area contributed by atoms with Crippen molar-refractivity contribution in [1.82, 2.24) is 0 Å². The summed E-state index contributed by atoms with van der Waals surface area (Å²) >= 11 is 0. The van der Waals surface area contributed by atoms with Crippen molar-refractivity contribution in [3.8, 4) is 0 Å². The van der Waals surface area contributed by atoms with E-state index in [1.165, 1.54) is 212 Å². The molecule has 0 heterocycles. The molecule has 3 atom stereocenters. The third-order valence-corrected chi connectivity index (χ3v) is 13.3. The first-order valence-corrected chi connectivity index (χ1v) is 29.3. The van der Waals surface area contributed by atoms with Crippen LogP contribution in [0.2, 0.25) is 0 Å². The van der Waals surface area contributed by atoms with Crippen molar-refractivity contribution in [2.75, 3.05) is 33.0 Å². The first-order valence-electron chi connectivity index (χ1n) is 27.8. The van der Waals surface area contributed by atoms with Gasteiger partial charge in [-0.1, -0.05) is 250 Å². The highest BCUT2D eigenvalue weighted by atomic mass is 31.2. The normalized spacial score (nSPS) is 13.9. The lowest BCUT2D eigenvalue weighted by atomic mass is 10.0. The summed E-state index contributed by atoms with van der Waals surface area (Å²) in [4.78, 5) is 22.7. The zero-order valence-electron chi connectivity index (χ0n) is 42.7. The Morgan fingerprint density at radius 1 is 0.477 bits per heavy atom. The van der Waals surface area contributed by atoms with Crippen molar-refractivity contribution >= 4 is 13.8 Å². The number of carbonyl (C=O) groups excluding carboxylic acids is 1. The van der Waals surface area contributed by atoms with E-state index in [-0.39, 0.29) is 25.6 Å². The van der Waals surface area contributed by atoms with Gasteiger partial charge in [0, 0.05) is 13.0 Å². The highest BCUT2D eigenvalue weighted by molar-refractivity contribution is 7.47. The summed E-state index contributed by atoms with van der Waals surface area (Å²) in [5.41, 5.74) is 0. The Hall–Kier alpha value is -1.06. The Kier molecular flexibility index (Phi) is 51.5. The van der Waals surface area contributed by atoms with Crippen molar-refractivity contribution < 1.29 is 43.0 Å². The van der Waals surface area contributed by atoms with E-state index in [4.69, 9.17) is 23.6 Å². The molecule has 0 aromatic carbocycles. The van der Waals surface area contributed by atoms with E-state index in [0.29, 0.717) is 6.61 Å². The highest BCUT2D eigenvalue weighted by Gasteiger charge is 2.26. The molecule has 0 rings (SSSR count).